The summed E-state index contributed by atoms with van der Waals surface area (Å²) in [6.45, 7) is 5.48. The number of hydrogen-bond donors (Lipinski definition) is 2. The van der Waals surface area contributed by atoms with Crippen molar-refractivity contribution in [2.45, 2.75) is 26.7 Å². The quantitative estimate of drug-likeness (QED) is 0.304. The van der Waals surface area contributed by atoms with Crippen LogP contribution in [0.5, 0.6) is 0 Å². The van der Waals surface area contributed by atoms with Crippen LogP contribution in [0.2, 0.25) is 0 Å². The van der Waals surface area contributed by atoms with E-state index in [1.807, 2.05) is 13.8 Å². The summed E-state index contributed by atoms with van der Waals surface area (Å²) in [5.74, 6) is -0.259. The second-order valence-corrected chi connectivity index (χ2v) is 2.99. The highest BCUT2D eigenvalue weighted by atomic mass is 16.4. The number of hydrogen-bond acceptors (Lipinski definition) is 3. The van der Waals surface area contributed by atoms with Gasteiger partial charge in [0.25, 0.3) is 5.91 Å². The van der Waals surface area contributed by atoms with Gasteiger partial charge < -0.3 is 15.4 Å². The van der Waals surface area contributed by atoms with Gasteiger partial charge in [0.1, 0.15) is 0 Å². The molecule has 0 saturated carbocycles. The summed E-state index contributed by atoms with van der Waals surface area (Å²) < 4.78 is 0. The molecule has 5 heteroatoms. The van der Waals surface area contributed by atoms with Crippen LogP contribution in [0.15, 0.2) is 5.16 Å². The maximum Gasteiger partial charge on any atom is 0.290 e. The Morgan fingerprint density at radius 1 is 1.36 bits per heavy atom. The number of oxime groups is 1. The summed E-state index contributed by atoms with van der Waals surface area (Å²) in [5.41, 5.74) is 0. The first-order chi connectivity index (χ1) is 6.71. The predicted octanol–water partition coefficient (Wildman–Crippen LogP) is 0.642. The molecule has 0 unspecified atom stereocenters. The second-order valence-electron chi connectivity index (χ2n) is 2.99. The molecule has 0 bridgehead atoms. The third-order valence-corrected chi connectivity index (χ3v) is 1.81. The van der Waals surface area contributed by atoms with Crippen LogP contribution in [0.25, 0.3) is 0 Å². The fourth-order valence-electron chi connectivity index (χ4n) is 1.23. The van der Waals surface area contributed by atoms with Gasteiger partial charge in [0.05, 0.1) is 0 Å². The van der Waals surface area contributed by atoms with Crippen molar-refractivity contribution in [1.82, 2.24) is 10.2 Å². The van der Waals surface area contributed by atoms with Crippen LogP contribution in [-0.4, -0.2) is 42.0 Å². The average Bonchev–Trinajstić information content (AvgIpc) is 2.19. The molecule has 0 aliphatic heterocycles. The molecule has 0 aromatic carbocycles. The average molecular weight is 201 g/mol. The van der Waals surface area contributed by atoms with Gasteiger partial charge >= 0.3 is 0 Å². The van der Waals surface area contributed by atoms with E-state index in [1.165, 1.54) is 7.05 Å². The molecule has 0 fully saturated rings. The van der Waals surface area contributed by atoms with Crippen molar-refractivity contribution >= 4 is 11.7 Å². The van der Waals surface area contributed by atoms with E-state index in [0.717, 1.165) is 25.9 Å². The van der Waals surface area contributed by atoms with Crippen LogP contribution in [0.4, 0.5) is 0 Å². The van der Waals surface area contributed by atoms with Crippen LogP contribution in [-0.2, 0) is 4.79 Å². The molecule has 1 amide bonds. The fraction of sp³-hybridized carbons (Fsp3) is 0.778. The van der Waals surface area contributed by atoms with Gasteiger partial charge in [-0.15, -0.1) is 0 Å². The van der Waals surface area contributed by atoms with Gasteiger partial charge in [0.2, 0.25) is 5.84 Å². The highest BCUT2D eigenvalue weighted by Crippen LogP contribution is 1.97. The SMILES string of the molecule is CCCN(CCC)/C(=N/O)C(=O)NC. The molecule has 0 aliphatic carbocycles. The summed E-state index contributed by atoms with van der Waals surface area (Å²) >= 11 is 0. The summed E-state index contributed by atoms with van der Waals surface area (Å²) in [5, 5.41) is 14.2. The molecule has 0 aromatic heterocycles. The molecule has 0 aliphatic rings. The number of nitrogens with one attached hydrogen (secondary N) is 1. The molecule has 0 aromatic rings. The highest BCUT2D eigenvalue weighted by molar-refractivity contribution is 6.37. The Balaban J connectivity index is 4.50. The van der Waals surface area contributed by atoms with Crippen LogP contribution < -0.4 is 5.32 Å². The number of nitrogens with zero attached hydrogens (tertiary/aromatic N) is 2. The number of carbonyl (C=O) groups excluding carboxylic acids is 1. The maximum atomic E-state index is 11.3. The van der Waals surface area contributed by atoms with E-state index in [-0.39, 0.29) is 11.7 Å². The van der Waals surface area contributed by atoms with Crippen molar-refractivity contribution in [2.24, 2.45) is 5.16 Å². The first-order valence-corrected chi connectivity index (χ1v) is 4.90. The Morgan fingerprint density at radius 3 is 2.14 bits per heavy atom. The molecule has 5 nitrogen and oxygen atoms in total. The van der Waals surface area contributed by atoms with Crippen molar-refractivity contribution < 1.29 is 10.0 Å². The summed E-state index contributed by atoms with van der Waals surface area (Å²) in [4.78, 5) is 13.1. The Kier molecular flexibility index (Phi) is 6.53. The highest BCUT2D eigenvalue weighted by Gasteiger charge is 2.17. The first-order valence-electron chi connectivity index (χ1n) is 4.90. The molecule has 0 saturated heterocycles. The monoisotopic (exact) mass is 201 g/mol. The summed E-state index contributed by atoms with van der Waals surface area (Å²) in [6, 6.07) is 0. The minimum atomic E-state index is -0.352. The zero-order chi connectivity index (χ0) is 11.0. The van der Waals surface area contributed by atoms with Crippen LogP contribution >= 0.6 is 0 Å². The molecule has 0 heterocycles. The Hall–Kier alpha value is -1.26. The van der Waals surface area contributed by atoms with Gasteiger partial charge in [-0.05, 0) is 12.8 Å². The van der Waals surface area contributed by atoms with Gasteiger partial charge in [0, 0.05) is 20.1 Å². The van der Waals surface area contributed by atoms with Crippen molar-refractivity contribution in [2.75, 3.05) is 20.1 Å². The van der Waals surface area contributed by atoms with Crippen LogP contribution in [0.3, 0.4) is 0 Å². The van der Waals surface area contributed by atoms with Crippen molar-refractivity contribution in [3.63, 3.8) is 0 Å². The molecule has 14 heavy (non-hydrogen) atoms. The van der Waals surface area contributed by atoms with E-state index in [1.54, 1.807) is 4.90 Å². The number of rotatable bonds is 4. The maximum absolute atomic E-state index is 11.3. The van der Waals surface area contributed by atoms with Crippen molar-refractivity contribution in [1.29, 1.82) is 0 Å². The number of carbonyl (C=O) groups is 1. The van der Waals surface area contributed by atoms with Crippen molar-refractivity contribution in [3.05, 3.63) is 0 Å². The van der Waals surface area contributed by atoms with Crippen LogP contribution in [0, 0.1) is 0 Å². The number of amides is 1. The van der Waals surface area contributed by atoms with E-state index in [0.29, 0.717) is 0 Å². The lowest BCUT2D eigenvalue weighted by atomic mass is 10.3. The van der Waals surface area contributed by atoms with Gasteiger partial charge in [0.15, 0.2) is 0 Å². The Morgan fingerprint density at radius 2 is 1.86 bits per heavy atom. The van der Waals surface area contributed by atoms with Gasteiger partial charge in [-0.1, -0.05) is 19.0 Å². The molecule has 0 spiro atoms. The summed E-state index contributed by atoms with van der Waals surface area (Å²) in [7, 11) is 1.52. The molecule has 0 rings (SSSR count). The molecular formula is C9H19N3O2. The zero-order valence-corrected chi connectivity index (χ0v) is 9.08. The number of amidine groups is 1. The molecule has 0 atom stereocenters. The lowest BCUT2D eigenvalue weighted by molar-refractivity contribution is -0.115. The smallest absolute Gasteiger partial charge is 0.290 e. The Labute approximate surface area is 84.8 Å². The van der Waals surface area contributed by atoms with Gasteiger partial charge in [-0.25, -0.2) is 0 Å². The summed E-state index contributed by atoms with van der Waals surface area (Å²) in [6.07, 6.45) is 1.83. The molecule has 0 radical (unpaired) electrons. The third kappa shape index (κ3) is 3.64. The number of likely N-dealkylation sites (N-methyl/N-ethyl adjacent to an activating group) is 1. The molecule has 82 valence electrons. The predicted molar refractivity (Wildman–Crippen MR) is 55.4 cm³/mol. The normalized spacial score (nSPS) is 11.2. The zero-order valence-electron chi connectivity index (χ0n) is 9.08. The van der Waals surface area contributed by atoms with Gasteiger partial charge in [-0.2, -0.15) is 0 Å². The Bertz CT molecular complexity index is 198. The van der Waals surface area contributed by atoms with Gasteiger partial charge in [-0.3, -0.25) is 4.79 Å². The van der Waals surface area contributed by atoms with E-state index < -0.39 is 0 Å². The largest absolute Gasteiger partial charge is 0.409 e. The van der Waals surface area contributed by atoms with Crippen molar-refractivity contribution in [3.8, 4) is 0 Å². The van der Waals surface area contributed by atoms with E-state index in [2.05, 4.69) is 10.5 Å². The lowest BCUT2D eigenvalue weighted by Gasteiger charge is -2.22. The third-order valence-electron chi connectivity index (χ3n) is 1.81. The fourth-order valence-corrected chi connectivity index (χ4v) is 1.23. The topological polar surface area (TPSA) is 64.9 Å². The first kappa shape index (κ1) is 12.7. The lowest BCUT2D eigenvalue weighted by Crippen LogP contribution is -2.42. The minimum absolute atomic E-state index is 0.0937. The van der Waals surface area contributed by atoms with E-state index in [4.69, 9.17) is 5.21 Å². The molecular weight excluding hydrogens is 182 g/mol. The van der Waals surface area contributed by atoms with E-state index >= 15 is 0 Å². The standard InChI is InChI=1S/C9H19N3O2/c1-4-6-12(7-5-2)8(11-14)9(13)10-3/h14H,4-7H2,1-3H3,(H,10,13)/b11-8+. The van der Waals surface area contributed by atoms with Crippen LogP contribution in [0.1, 0.15) is 26.7 Å². The minimum Gasteiger partial charge on any atom is -0.409 e. The second kappa shape index (κ2) is 7.17. The van der Waals surface area contributed by atoms with E-state index in [9.17, 15) is 4.79 Å². The molecule has 2 N–H and O–H groups in total.